The highest BCUT2D eigenvalue weighted by atomic mass is 19.1. The first kappa shape index (κ1) is 22.5. The molecule has 7 nitrogen and oxygen atoms in total. The molecule has 0 aliphatic carbocycles. The molecule has 0 bridgehead atoms. The highest BCUT2D eigenvalue weighted by molar-refractivity contribution is 6.07. The number of carbonyl (C=O) groups excluding carboxylic acids is 1. The van der Waals surface area contributed by atoms with Crippen LogP contribution in [0, 0.1) is 5.82 Å². The van der Waals surface area contributed by atoms with Crippen molar-refractivity contribution < 1.29 is 9.18 Å². The van der Waals surface area contributed by atoms with Gasteiger partial charge in [0.05, 0.1) is 5.69 Å². The number of amides is 1. The largest absolute Gasteiger partial charge is 0.366 e. The third kappa shape index (κ3) is 4.30. The number of rotatable bonds is 4. The molecule has 178 valence electrons. The normalized spacial score (nSPS) is 17.6. The number of hydrogen-bond acceptors (Lipinski definition) is 6. The van der Waals surface area contributed by atoms with Gasteiger partial charge in [0.2, 0.25) is 0 Å². The molecule has 0 unspecified atom stereocenters. The van der Waals surface area contributed by atoms with Gasteiger partial charge < -0.3 is 14.7 Å². The number of carbonyl (C=O) groups is 1. The van der Waals surface area contributed by atoms with E-state index in [9.17, 15) is 9.18 Å². The lowest BCUT2D eigenvalue weighted by atomic mass is 10.1. The predicted octanol–water partition coefficient (Wildman–Crippen LogP) is 3.26. The maximum Gasteiger partial charge on any atom is 0.275 e. The molecule has 2 aliphatic heterocycles. The number of fused-ring (bicyclic) bond motifs is 1. The first-order valence-electron chi connectivity index (χ1n) is 12.1. The summed E-state index contributed by atoms with van der Waals surface area (Å²) in [5, 5.41) is 10.7. The second-order valence-corrected chi connectivity index (χ2v) is 9.27. The predicted molar refractivity (Wildman–Crippen MR) is 133 cm³/mol. The van der Waals surface area contributed by atoms with E-state index in [1.165, 1.54) is 6.07 Å². The van der Waals surface area contributed by atoms with Gasteiger partial charge in [-0.2, -0.15) is 0 Å². The molecule has 5 rings (SSSR count). The summed E-state index contributed by atoms with van der Waals surface area (Å²) in [5.41, 5.74) is 1.05. The van der Waals surface area contributed by atoms with E-state index in [0.717, 1.165) is 29.7 Å². The quantitative estimate of drug-likeness (QED) is 0.593. The van der Waals surface area contributed by atoms with E-state index < -0.39 is 0 Å². The summed E-state index contributed by atoms with van der Waals surface area (Å²) in [5.74, 6) is 0.534. The van der Waals surface area contributed by atoms with E-state index in [2.05, 4.69) is 38.7 Å². The van der Waals surface area contributed by atoms with E-state index in [1.54, 1.807) is 6.07 Å². The fourth-order valence-corrected chi connectivity index (χ4v) is 4.94. The maximum atomic E-state index is 14.2. The number of piperazine rings is 2. The Morgan fingerprint density at radius 1 is 0.794 bits per heavy atom. The first-order valence-corrected chi connectivity index (χ1v) is 12.1. The average Bonchev–Trinajstić information content (AvgIpc) is 2.88. The van der Waals surface area contributed by atoms with Gasteiger partial charge in [0.25, 0.3) is 5.91 Å². The number of para-hydroxylation sites is 1. The average molecular weight is 463 g/mol. The standard InChI is InChI=1S/C26H31FN6O/c1-19(2)30-11-17-33(18-12-30)26(34)24-20-7-3-4-8-21(20)25(29-28-24)32-15-13-31(14-16-32)23-10-6-5-9-22(23)27/h3-10,19H,11-18H2,1-2H3. The van der Waals surface area contributed by atoms with Gasteiger partial charge >= 0.3 is 0 Å². The summed E-state index contributed by atoms with van der Waals surface area (Å²) in [6.45, 7) is 10.3. The van der Waals surface area contributed by atoms with Crippen LogP contribution in [0.2, 0.25) is 0 Å². The lowest BCUT2D eigenvalue weighted by Gasteiger charge is -2.37. The summed E-state index contributed by atoms with van der Waals surface area (Å²) >= 11 is 0. The van der Waals surface area contributed by atoms with Gasteiger partial charge in [-0.3, -0.25) is 9.69 Å². The van der Waals surface area contributed by atoms with Crippen LogP contribution >= 0.6 is 0 Å². The van der Waals surface area contributed by atoms with Crippen molar-refractivity contribution in [2.75, 3.05) is 62.2 Å². The van der Waals surface area contributed by atoms with Gasteiger partial charge in [-0.15, -0.1) is 10.2 Å². The van der Waals surface area contributed by atoms with Crippen LogP contribution in [0.25, 0.3) is 10.8 Å². The molecule has 0 N–H and O–H groups in total. The molecule has 2 saturated heterocycles. The molecule has 0 atom stereocenters. The van der Waals surface area contributed by atoms with Crippen LogP contribution in [0.5, 0.6) is 0 Å². The van der Waals surface area contributed by atoms with Crippen molar-refractivity contribution in [3.05, 3.63) is 60.0 Å². The Kier molecular flexibility index (Phi) is 6.32. The van der Waals surface area contributed by atoms with Crippen molar-refractivity contribution in [1.29, 1.82) is 0 Å². The van der Waals surface area contributed by atoms with Crippen LogP contribution in [0.4, 0.5) is 15.9 Å². The molecule has 0 spiro atoms. The zero-order valence-electron chi connectivity index (χ0n) is 19.8. The number of aromatic nitrogens is 2. The molecule has 3 heterocycles. The van der Waals surface area contributed by atoms with Crippen LogP contribution in [0.15, 0.2) is 48.5 Å². The minimum absolute atomic E-state index is 0.0528. The van der Waals surface area contributed by atoms with Crippen LogP contribution < -0.4 is 9.80 Å². The van der Waals surface area contributed by atoms with E-state index in [1.807, 2.05) is 41.3 Å². The SMILES string of the molecule is CC(C)N1CCN(C(=O)c2nnc(N3CCN(c4ccccc4F)CC3)c3ccccc23)CC1. The monoisotopic (exact) mass is 462 g/mol. The Bertz CT molecular complexity index is 1170. The third-order valence-electron chi connectivity index (χ3n) is 6.97. The van der Waals surface area contributed by atoms with Gasteiger partial charge in [-0.05, 0) is 26.0 Å². The van der Waals surface area contributed by atoms with Crippen molar-refractivity contribution in [2.24, 2.45) is 0 Å². The number of benzene rings is 2. The summed E-state index contributed by atoms with van der Waals surface area (Å²) in [7, 11) is 0. The van der Waals surface area contributed by atoms with Crippen LogP contribution in [-0.2, 0) is 0 Å². The smallest absolute Gasteiger partial charge is 0.275 e. The number of nitrogens with zero attached hydrogens (tertiary/aromatic N) is 6. The Labute approximate surface area is 199 Å². The van der Waals surface area contributed by atoms with Crippen molar-refractivity contribution in [3.63, 3.8) is 0 Å². The van der Waals surface area contributed by atoms with Gasteiger partial charge in [-0.1, -0.05) is 36.4 Å². The molecule has 2 aromatic carbocycles. The number of halogens is 1. The molecule has 8 heteroatoms. The lowest BCUT2D eigenvalue weighted by molar-refractivity contribution is 0.0591. The van der Waals surface area contributed by atoms with Gasteiger partial charge in [0.1, 0.15) is 5.82 Å². The zero-order valence-corrected chi connectivity index (χ0v) is 19.8. The molecule has 0 radical (unpaired) electrons. The van der Waals surface area contributed by atoms with Crippen molar-refractivity contribution in [1.82, 2.24) is 20.0 Å². The van der Waals surface area contributed by atoms with Crippen LogP contribution in [-0.4, -0.2) is 84.3 Å². The molecule has 2 aliphatic rings. The van der Waals surface area contributed by atoms with Crippen LogP contribution in [0.1, 0.15) is 24.3 Å². The minimum Gasteiger partial charge on any atom is -0.366 e. The number of hydrogen-bond donors (Lipinski definition) is 0. The van der Waals surface area contributed by atoms with E-state index >= 15 is 0 Å². The van der Waals surface area contributed by atoms with E-state index in [-0.39, 0.29) is 11.7 Å². The Morgan fingerprint density at radius 3 is 2.09 bits per heavy atom. The van der Waals surface area contributed by atoms with Crippen LogP contribution in [0.3, 0.4) is 0 Å². The second-order valence-electron chi connectivity index (χ2n) is 9.27. The topological polar surface area (TPSA) is 55.8 Å². The Morgan fingerprint density at radius 2 is 1.41 bits per heavy atom. The molecular weight excluding hydrogens is 431 g/mol. The summed E-state index contributed by atoms with van der Waals surface area (Å²) in [4.78, 5) is 21.9. The molecule has 34 heavy (non-hydrogen) atoms. The highest BCUT2D eigenvalue weighted by Crippen LogP contribution is 2.29. The molecule has 0 saturated carbocycles. The maximum absolute atomic E-state index is 14.2. The van der Waals surface area contributed by atoms with E-state index in [4.69, 9.17) is 0 Å². The minimum atomic E-state index is -0.196. The first-order chi connectivity index (χ1) is 16.5. The summed E-state index contributed by atoms with van der Waals surface area (Å²) < 4.78 is 14.2. The Hall–Kier alpha value is -3.26. The Balaban J connectivity index is 1.35. The van der Waals surface area contributed by atoms with Gasteiger partial charge in [-0.25, -0.2) is 4.39 Å². The number of anilines is 2. The molecule has 2 fully saturated rings. The molecule has 1 aromatic heterocycles. The van der Waals surface area contributed by atoms with E-state index in [0.29, 0.717) is 56.7 Å². The fourth-order valence-electron chi connectivity index (χ4n) is 4.94. The summed E-state index contributed by atoms with van der Waals surface area (Å²) in [6.07, 6.45) is 0. The van der Waals surface area contributed by atoms with Gasteiger partial charge in [0.15, 0.2) is 11.5 Å². The lowest BCUT2D eigenvalue weighted by Crippen LogP contribution is -2.51. The molecule has 1 amide bonds. The van der Waals surface area contributed by atoms with Crippen molar-refractivity contribution in [3.8, 4) is 0 Å². The zero-order chi connectivity index (χ0) is 23.7. The molecular formula is C26H31FN6O. The second kappa shape index (κ2) is 9.54. The molecule has 3 aromatic rings. The van der Waals surface area contributed by atoms with Crippen molar-refractivity contribution in [2.45, 2.75) is 19.9 Å². The van der Waals surface area contributed by atoms with Gasteiger partial charge in [0, 0.05) is 69.2 Å². The highest BCUT2D eigenvalue weighted by Gasteiger charge is 2.28. The summed E-state index contributed by atoms with van der Waals surface area (Å²) in [6, 6.07) is 15.3. The third-order valence-corrected chi connectivity index (χ3v) is 6.97. The van der Waals surface area contributed by atoms with Crippen molar-refractivity contribution >= 4 is 28.2 Å². The fraction of sp³-hybridized carbons (Fsp3) is 0.423.